The summed E-state index contributed by atoms with van der Waals surface area (Å²) in [5.41, 5.74) is 2.89. The standard InChI is InChI=1S/C21H22N2O4/c1-12-19(14(3)24)13(2)22-20(12)21(26)27-11-18(25)23-17-9-8-15-6-4-5-7-16(15)10-17/h4-10,14,22,24H,11H2,1-3H3,(H,23,25)/t14-/m1/s1. The lowest BCUT2D eigenvalue weighted by Gasteiger charge is -2.08. The molecule has 6 nitrogen and oxygen atoms in total. The summed E-state index contributed by atoms with van der Waals surface area (Å²) in [4.78, 5) is 27.3. The first-order chi connectivity index (χ1) is 12.9. The fraction of sp³-hybridized carbons (Fsp3) is 0.238. The Morgan fingerprint density at radius 3 is 2.52 bits per heavy atom. The third kappa shape index (κ3) is 4.01. The van der Waals surface area contributed by atoms with Crippen molar-refractivity contribution in [2.24, 2.45) is 0 Å². The van der Waals surface area contributed by atoms with Crippen LogP contribution in [0.1, 0.15) is 40.3 Å². The second-order valence-corrected chi connectivity index (χ2v) is 6.53. The number of aliphatic hydroxyl groups excluding tert-OH is 1. The normalized spacial score (nSPS) is 12.0. The second kappa shape index (κ2) is 7.63. The topological polar surface area (TPSA) is 91.4 Å². The minimum absolute atomic E-state index is 0.252. The van der Waals surface area contributed by atoms with Gasteiger partial charge in [-0.25, -0.2) is 4.79 Å². The van der Waals surface area contributed by atoms with E-state index in [-0.39, 0.29) is 5.69 Å². The summed E-state index contributed by atoms with van der Waals surface area (Å²) >= 11 is 0. The highest BCUT2D eigenvalue weighted by Gasteiger charge is 2.21. The SMILES string of the molecule is Cc1[nH]c(C(=O)OCC(=O)Nc2ccc3ccccc3c2)c(C)c1[C@@H](C)O. The third-order valence-electron chi connectivity index (χ3n) is 4.48. The Morgan fingerprint density at radius 2 is 1.85 bits per heavy atom. The number of esters is 1. The van der Waals surface area contributed by atoms with Crippen molar-refractivity contribution in [3.8, 4) is 0 Å². The average molecular weight is 366 g/mol. The fourth-order valence-electron chi connectivity index (χ4n) is 3.26. The van der Waals surface area contributed by atoms with Gasteiger partial charge in [0.15, 0.2) is 6.61 Å². The van der Waals surface area contributed by atoms with Crippen molar-refractivity contribution in [1.29, 1.82) is 0 Å². The monoisotopic (exact) mass is 366 g/mol. The number of anilines is 1. The molecule has 140 valence electrons. The number of carbonyl (C=O) groups excluding carboxylic acids is 2. The number of ether oxygens (including phenoxy) is 1. The number of rotatable bonds is 5. The molecular weight excluding hydrogens is 344 g/mol. The van der Waals surface area contributed by atoms with Gasteiger partial charge in [-0.3, -0.25) is 4.79 Å². The van der Waals surface area contributed by atoms with Crippen molar-refractivity contribution in [3.63, 3.8) is 0 Å². The summed E-state index contributed by atoms with van der Waals surface area (Å²) in [6, 6.07) is 13.4. The molecule has 1 atom stereocenters. The lowest BCUT2D eigenvalue weighted by molar-refractivity contribution is -0.119. The van der Waals surface area contributed by atoms with Crippen LogP contribution >= 0.6 is 0 Å². The van der Waals surface area contributed by atoms with Crippen molar-refractivity contribution < 1.29 is 19.4 Å². The largest absolute Gasteiger partial charge is 0.451 e. The molecule has 0 spiro atoms. The Hall–Kier alpha value is -3.12. The Labute approximate surface area is 157 Å². The molecular formula is C21H22N2O4. The summed E-state index contributed by atoms with van der Waals surface area (Å²) in [5, 5.41) is 14.6. The fourth-order valence-corrected chi connectivity index (χ4v) is 3.26. The van der Waals surface area contributed by atoms with Crippen LogP contribution in [0.2, 0.25) is 0 Å². The van der Waals surface area contributed by atoms with Gasteiger partial charge in [0.1, 0.15) is 5.69 Å². The molecule has 0 saturated carbocycles. The van der Waals surface area contributed by atoms with Gasteiger partial charge in [-0.2, -0.15) is 0 Å². The van der Waals surface area contributed by atoms with E-state index in [0.717, 1.165) is 10.8 Å². The molecule has 1 heterocycles. The molecule has 0 saturated heterocycles. The van der Waals surface area contributed by atoms with Crippen molar-refractivity contribution in [2.75, 3.05) is 11.9 Å². The minimum atomic E-state index is -0.695. The van der Waals surface area contributed by atoms with Gasteiger partial charge in [0.2, 0.25) is 0 Å². The Kier molecular flexibility index (Phi) is 5.28. The number of aromatic nitrogens is 1. The van der Waals surface area contributed by atoms with E-state index in [1.54, 1.807) is 26.8 Å². The van der Waals surface area contributed by atoms with E-state index < -0.39 is 24.6 Å². The van der Waals surface area contributed by atoms with E-state index in [4.69, 9.17) is 4.74 Å². The van der Waals surface area contributed by atoms with Crippen LogP contribution in [0.4, 0.5) is 5.69 Å². The molecule has 0 radical (unpaired) electrons. The van der Waals surface area contributed by atoms with Crippen LogP contribution in [0.25, 0.3) is 10.8 Å². The van der Waals surface area contributed by atoms with Gasteiger partial charge in [-0.05, 0) is 49.2 Å². The van der Waals surface area contributed by atoms with Gasteiger partial charge in [-0.1, -0.05) is 30.3 Å². The van der Waals surface area contributed by atoms with Gasteiger partial charge in [0.25, 0.3) is 5.91 Å². The first kappa shape index (κ1) is 18.7. The molecule has 0 aliphatic rings. The number of H-pyrrole nitrogens is 1. The minimum Gasteiger partial charge on any atom is -0.451 e. The van der Waals surface area contributed by atoms with Crippen LogP contribution in [-0.4, -0.2) is 28.6 Å². The summed E-state index contributed by atoms with van der Waals surface area (Å²) in [5.74, 6) is -1.05. The van der Waals surface area contributed by atoms with Crippen LogP contribution in [0.3, 0.4) is 0 Å². The molecule has 0 bridgehead atoms. The number of carbonyl (C=O) groups is 2. The quantitative estimate of drug-likeness (QED) is 0.601. The van der Waals surface area contributed by atoms with E-state index in [1.807, 2.05) is 36.4 Å². The number of aryl methyl sites for hydroxylation is 1. The molecule has 3 N–H and O–H groups in total. The molecule has 0 aliphatic carbocycles. The molecule has 0 aliphatic heterocycles. The molecule has 6 heteroatoms. The molecule has 1 amide bonds. The van der Waals surface area contributed by atoms with Gasteiger partial charge in [0.05, 0.1) is 6.10 Å². The summed E-state index contributed by atoms with van der Waals surface area (Å²) in [7, 11) is 0. The smallest absolute Gasteiger partial charge is 0.355 e. The molecule has 2 aromatic carbocycles. The first-order valence-corrected chi connectivity index (χ1v) is 8.69. The van der Waals surface area contributed by atoms with Crippen molar-refractivity contribution >= 4 is 28.3 Å². The number of amides is 1. The van der Waals surface area contributed by atoms with E-state index in [9.17, 15) is 14.7 Å². The molecule has 0 fully saturated rings. The molecule has 1 aromatic heterocycles. The Balaban J connectivity index is 1.63. The summed E-state index contributed by atoms with van der Waals surface area (Å²) < 4.78 is 5.11. The maximum Gasteiger partial charge on any atom is 0.355 e. The number of aromatic amines is 1. The van der Waals surface area contributed by atoms with E-state index in [0.29, 0.717) is 22.5 Å². The number of fused-ring (bicyclic) bond motifs is 1. The third-order valence-corrected chi connectivity index (χ3v) is 4.48. The molecule has 27 heavy (non-hydrogen) atoms. The van der Waals surface area contributed by atoms with Crippen LogP contribution in [-0.2, 0) is 9.53 Å². The number of aliphatic hydroxyl groups is 1. The predicted octanol–water partition coefficient (Wildman–Crippen LogP) is 3.63. The Bertz CT molecular complexity index is 1000. The summed E-state index contributed by atoms with van der Waals surface area (Å²) in [6.07, 6.45) is -0.695. The zero-order valence-electron chi connectivity index (χ0n) is 15.5. The van der Waals surface area contributed by atoms with Crippen molar-refractivity contribution in [1.82, 2.24) is 4.98 Å². The number of hydrogen-bond acceptors (Lipinski definition) is 4. The maximum atomic E-state index is 12.3. The second-order valence-electron chi connectivity index (χ2n) is 6.53. The summed E-state index contributed by atoms with van der Waals surface area (Å²) in [6.45, 7) is 4.75. The van der Waals surface area contributed by atoms with Crippen LogP contribution in [0.15, 0.2) is 42.5 Å². The molecule has 3 aromatic rings. The van der Waals surface area contributed by atoms with Crippen LogP contribution in [0.5, 0.6) is 0 Å². The van der Waals surface area contributed by atoms with E-state index >= 15 is 0 Å². The Morgan fingerprint density at radius 1 is 1.15 bits per heavy atom. The number of benzene rings is 2. The number of nitrogens with one attached hydrogen (secondary N) is 2. The van der Waals surface area contributed by atoms with Crippen molar-refractivity contribution in [2.45, 2.75) is 26.9 Å². The highest BCUT2D eigenvalue weighted by atomic mass is 16.5. The lowest BCUT2D eigenvalue weighted by Crippen LogP contribution is -2.21. The van der Waals surface area contributed by atoms with Crippen molar-refractivity contribution in [3.05, 3.63) is 65.0 Å². The zero-order chi connectivity index (χ0) is 19.6. The van der Waals surface area contributed by atoms with Gasteiger partial charge < -0.3 is 20.1 Å². The first-order valence-electron chi connectivity index (χ1n) is 8.69. The van der Waals surface area contributed by atoms with Gasteiger partial charge >= 0.3 is 5.97 Å². The predicted molar refractivity (Wildman–Crippen MR) is 104 cm³/mol. The lowest BCUT2D eigenvalue weighted by atomic mass is 10.1. The molecule has 3 rings (SSSR count). The average Bonchev–Trinajstić information content (AvgIpc) is 2.94. The molecule has 0 unspecified atom stereocenters. The van der Waals surface area contributed by atoms with Crippen LogP contribution < -0.4 is 5.32 Å². The number of hydrogen-bond donors (Lipinski definition) is 3. The zero-order valence-corrected chi connectivity index (χ0v) is 15.5. The van der Waals surface area contributed by atoms with Gasteiger partial charge in [-0.15, -0.1) is 0 Å². The van der Waals surface area contributed by atoms with Gasteiger partial charge in [0, 0.05) is 16.9 Å². The van der Waals surface area contributed by atoms with E-state index in [1.165, 1.54) is 0 Å². The highest BCUT2D eigenvalue weighted by Crippen LogP contribution is 2.25. The maximum absolute atomic E-state index is 12.3. The highest BCUT2D eigenvalue weighted by molar-refractivity contribution is 5.97. The van der Waals surface area contributed by atoms with E-state index in [2.05, 4.69) is 10.3 Å². The van der Waals surface area contributed by atoms with Crippen LogP contribution in [0, 0.1) is 13.8 Å².